The summed E-state index contributed by atoms with van der Waals surface area (Å²) in [6.07, 6.45) is 1.62. The molecule has 1 atom stereocenters. The molecule has 0 saturated carbocycles. The molecule has 0 spiro atoms. The van der Waals surface area contributed by atoms with E-state index < -0.39 is 16.9 Å². The maximum atomic E-state index is 13.6. The standard InChI is InChI=1S/C24H17N3O5/c1-13-6-8-18-17(10-13)22(28)20-21(15-4-3-5-16(11-15)27(30)31)26(24(29)23(20)32-18)19-9-7-14(2)12-25-19/h3-12,21H,1-2H3. The van der Waals surface area contributed by atoms with Crippen LogP contribution in [-0.2, 0) is 0 Å². The Balaban J connectivity index is 1.82. The number of benzene rings is 2. The van der Waals surface area contributed by atoms with E-state index in [1.54, 1.807) is 42.6 Å². The van der Waals surface area contributed by atoms with Gasteiger partial charge in [0.25, 0.3) is 11.6 Å². The monoisotopic (exact) mass is 427 g/mol. The molecule has 5 rings (SSSR count). The minimum absolute atomic E-state index is 0.0785. The van der Waals surface area contributed by atoms with Gasteiger partial charge in [-0.3, -0.25) is 24.6 Å². The molecule has 8 nitrogen and oxygen atoms in total. The van der Waals surface area contributed by atoms with Gasteiger partial charge in [-0.2, -0.15) is 0 Å². The summed E-state index contributed by atoms with van der Waals surface area (Å²) in [4.78, 5) is 43.6. The fourth-order valence-electron chi connectivity index (χ4n) is 4.05. The molecule has 2 aromatic heterocycles. The molecule has 4 aromatic rings. The first kappa shape index (κ1) is 19.6. The molecule has 0 bridgehead atoms. The van der Waals surface area contributed by atoms with Gasteiger partial charge in [0.05, 0.1) is 21.9 Å². The van der Waals surface area contributed by atoms with Crippen LogP contribution in [0.3, 0.4) is 0 Å². The summed E-state index contributed by atoms with van der Waals surface area (Å²) in [5.41, 5.74) is 2.18. The molecular formula is C24H17N3O5. The maximum Gasteiger partial charge on any atom is 0.296 e. The highest BCUT2D eigenvalue weighted by Crippen LogP contribution is 2.41. The van der Waals surface area contributed by atoms with Crippen molar-refractivity contribution in [2.75, 3.05) is 4.90 Å². The first-order valence-electron chi connectivity index (χ1n) is 9.93. The quantitative estimate of drug-likeness (QED) is 0.353. The molecule has 1 unspecified atom stereocenters. The van der Waals surface area contributed by atoms with Crippen LogP contribution in [0.2, 0.25) is 0 Å². The Morgan fingerprint density at radius 2 is 1.81 bits per heavy atom. The largest absolute Gasteiger partial charge is 0.450 e. The van der Waals surface area contributed by atoms with Crippen LogP contribution in [0.15, 0.2) is 70.0 Å². The predicted octanol–water partition coefficient (Wildman–Crippen LogP) is 4.46. The summed E-state index contributed by atoms with van der Waals surface area (Å²) < 4.78 is 5.90. The molecule has 8 heteroatoms. The van der Waals surface area contributed by atoms with Crippen LogP contribution in [0.4, 0.5) is 11.5 Å². The van der Waals surface area contributed by atoms with Crippen molar-refractivity contribution in [1.29, 1.82) is 0 Å². The lowest BCUT2D eigenvalue weighted by Crippen LogP contribution is -2.30. The summed E-state index contributed by atoms with van der Waals surface area (Å²) in [6, 6.07) is 13.7. The van der Waals surface area contributed by atoms with Crippen LogP contribution in [0, 0.1) is 24.0 Å². The van der Waals surface area contributed by atoms with Gasteiger partial charge >= 0.3 is 0 Å². The van der Waals surface area contributed by atoms with E-state index in [2.05, 4.69) is 4.98 Å². The third-order valence-electron chi connectivity index (χ3n) is 5.56. The van der Waals surface area contributed by atoms with E-state index in [-0.39, 0.29) is 22.4 Å². The summed E-state index contributed by atoms with van der Waals surface area (Å²) in [5, 5.41) is 11.7. The number of carbonyl (C=O) groups is 1. The Hall–Kier alpha value is -4.33. The Morgan fingerprint density at radius 1 is 1.03 bits per heavy atom. The summed E-state index contributed by atoms with van der Waals surface area (Å²) >= 11 is 0. The normalized spacial score (nSPS) is 15.2. The summed E-state index contributed by atoms with van der Waals surface area (Å²) in [5.74, 6) is -0.277. The van der Waals surface area contributed by atoms with Crippen molar-refractivity contribution in [3.63, 3.8) is 0 Å². The fourth-order valence-corrected chi connectivity index (χ4v) is 4.05. The number of amides is 1. The zero-order valence-electron chi connectivity index (χ0n) is 17.2. The second kappa shape index (κ2) is 7.12. The maximum absolute atomic E-state index is 13.6. The van der Waals surface area contributed by atoms with Crippen LogP contribution < -0.4 is 10.3 Å². The van der Waals surface area contributed by atoms with E-state index in [0.717, 1.165) is 11.1 Å². The number of rotatable bonds is 3. The number of nitro benzene ring substituents is 1. The van der Waals surface area contributed by atoms with Gasteiger partial charge < -0.3 is 4.42 Å². The Kier molecular flexibility index (Phi) is 4.37. The van der Waals surface area contributed by atoms with E-state index >= 15 is 0 Å². The molecular weight excluding hydrogens is 410 g/mol. The number of non-ortho nitro benzene ring substituents is 1. The van der Waals surface area contributed by atoms with Gasteiger partial charge in [0.15, 0.2) is 5.43 Å². The van der Waals surface area contributed by atoms with E-state index in [1.807, 2.05) is 13.8 Å². The number of pyridine rings is 1. The van der Waals surface area contributed by atoms with E-state index in [4.69, 9.17) is 4.42 Å². The van der Waals surface area contributed by atoms with Gasteiger partial charge in [0.1, 0.15) is 11.4 Å². The third-order valence-corrected chi connectivity index (χ3v) is 5.56. The lowest BCUT2D eigenvalue weighted by atomic mass is 9.97. The van der Waals surface area contributed by atoms with Gasteiger partial charge in [0.2, 0.25) is 5.76 Å². The average molecular weight is 427 g/mol. The van der Waals surface area contributed by atoms with E-state index in [9.17, 15) is 19.7 Å². The highest BCUT2D eigenvalue weighted by molar-refractivity contribution is 6.10. The molecule has 0 saturated heterocycles. The van der Waals surface area contributed by atoms with Gasteiger partial charge in [-0.15, -0.1) is 0 Å². The lowest BCUT2D eigenvalue weighted by molar-refractivity contribution is -0.384. The minimum Gasteiger partial charge on any atom is -0.450 e. The molecule has 0 fully saturated rings. The highest BCUT2D eigenvalue weighted by atomic mass is 16.6. The van der Waals surface area contributed by atoms with Crippen molar-refractivity contribution in [3.05, 3.63) is 109 Å². The number of carbonyl (C=O) groups excluding carboxylic acids is 1. The molecule has 0 aliphatic carbocycles. The molecule has 1 amide bonds. The molecule has 1 aliphatic rings. The van der Waals surface area contributed by atoms with Crippen LogP contribution in [-0.4, -0.2) is 15.8 Å². The van der Waals surface area contributed by atoms with Gasteiger partial charge in [-0.05, 0) is 43.2 Å². The van der Waals surface area contributed by atoms with Crippen molar-refractivity contribution >= 4 is 28.4 Å². The molecule has 2 aromatic carbocycles. The highest BCUT2D eigenvalue weighted by Gasteiger charge is 2.44. The van der Waals surface area contributed by atoms with Crippen LogP contribution in [0.1, 0.15) is 38.9 Å². The Labute approximate surface area is 181 Å². The number of nitro groups is 1. The number of aromatic nitrogens is 1. The van der Waals surface area contributed by atoms with Crippen molar-refractivity contribution in [2.24, 2.45) is 0 Å². The number of hydrogen-bond acceptors (Lipinski definition) is 6. The first-order valence-corrected chi connectivity index (χ1v) is 9.93. The van der Waals surface area contributed by atoms with Crippen molar-refractivity contribution in [2.45, 2.75) is 19.9 Å². The molecule has 158 valence electrons. The van der Waals surface area contributed by atoms with E-state index in [1.165, 1.54) is 23.1 Å². The molecule has 3 heterocycles. The van der Waals surface area contributed by atoms with Crippen molar-refractivity contribution in [1.82, 2.24) is 4.98 Å². The number of nitrogens with zero attached hydrogens (tertiary/aromatic N) is 3. The third kappa shape index (κ3) is 2.96. The summed E-state index contributed by atoms with van der Waals surface area (Å²) in [6.45, 7) is 3.73. The predicted molar refractivity (Wildman–Crippen MR) is 118 cm³/mol. The molecule has 1 aliphatic heterocycles. The molecule has 32 heavy (non-hydrogen) atoms. The smallest absolute Gasteiger partial charge is 0.296 e. The zero-order chi connectivity index (χ0) is 22.6. The van der Waals surface area contributed by atoms with Gasteiger partial charge in [-0.25, -0.2) is 4.98 Å². The van der Waals surface area contributed by atoms with Crippen LogP contribution in [0.25, 0.3) is 11.0 Å². The minimum atomic E-state index is -0.909. The fraction of sp³-hybridized carbons (Fsp3) is 0.125. The van der Waals surface area contributed by atoms with Crippen LogP contribution in [0.5, 0.6) is 0 Å². The SMILES string of the molecule is Cc1ccc(N2C(=O)c3oc4ccc(C)cc4c(=O)c3C2c2cccc([N+](=O)[O-])c2)nc1. The first-order chi connectivity index (χ1) is 15.3. The van der Waals surface area contributed by atoms with Gasteiger partial charge in [-0.1, -0.05) is 29.8 Å². The zero-order valence-corrected chi connectivity index (χ0v) is 17.2. The number of hydrogen-bond donors (Lipinski definition) is 0. The average Bonchev–Trinajstić information content (AvgIpc) is 3.07. The second-order valence-corrected chi connectivity index (χ2v) is 7.80. The number of aryl methyl sites for hydroxylation is 2. The van der Waals surface area contributed by atoms with Gasteiger partial charge in [0, 0.05) is 18.3 Å². The molecule has 0 N–H and O–H groups in total. The second-order valence-electron chi connectivity index (χ2n) is 7.80. The van der Waals surface area contributed by atoms with Crippen molar-refractivity contribution < 1.29 is 14.1 Å². The Morgan fingerprint density at radius 3 is 2.53 bits per heavy atom. The number of fused-ring (bicyclic) bond motifs is 2. The summed E-state index contributed by atoms with van der Waals surface area (Å²) in [7, 11) is 0. The lowest BCUT2D eigenvalue weighted by Gasteiger charge is -2.24. The number of anilines is 1. The van der Waals surface area contributed by atoms with E-state index in [0.29, 0.717) is 22.4 Å². The van der Waals surface area contributed by atoms with Crippen molar-refractivity contribution in [3.8, 4) is 0 Å². The molecule has 0 radical (unpaired) electrons. The van der Waals surface area contributed by atoms with Crippen LogP contribution >= 0.6 is 0 Å². The Bertz CT molecular complexity index is 1470. The topological polar surface area (TPSA) is 107 Å².